The van der Waals surface area contributed by atoms with Crippen LogP contribution in [0, 0.1) is 0 Å². The van der Waals surface area contributed by atoms with Gasteiger partial charge in [0.05, 0.1) is 21.7 Å². The van der Waals surface area contributed by atoms with Gasteiger partial charge in [0.15, 0.2) is 0 Å². The SMILES string of the molecule is O=c1sc2cc(S(=O)(=O)NCCSCc3ccc(Cl)cc3)ccc2n1Cc1ccccc1Cl. The zero-order valence-corrected chi connectivity index (χ0v) is 21.3. The van der Waals surface area contributed by atoms with Crippen LogP contribution in [0.25, 0.3) is 10.2 Å². The number of fused-ring (bicyclic) bond motifs is 1. The van der Waals surface area contributed by atoms with Crippen molar-refractivity contribution in [2.45, 2.75) is 17.2 Å². The molecule has 172 valence electrons. The van der Waals surface area contributed by atoms with Crippen molar-refractivity contribution in [3.63, 3.8) is 0 Å². The van der Waals surface area contributed by atoms with Crippen molar-refractivity contribution in [3.8, 4) is 0 Å². The van der Waals surface area contributed by atoms with E-state index in [-0.39, 0.29) is 9.77 Å². The van der Waals surface area contributed by atoms with E-state index in [1.165, 1.54) is 6.07 Å². The van der Waals surface area contributed by atoms with Gasteiger partial charge in [0.2, 0.25) is 10.0 Å². The second kappa shape index (κ2) is 10.6. The van der Waals surface area contributed by atoms with E-state index in [1.54, 1.807) is 34.5 Å². The number of benzene rings is 3. The van der Waals surface area contributed by atoms with Crippen molar-refractivity contribution in [1.29, 1.82) is 0 Å². The summed E-state index contributed by atoms with van der Waals surface area (Å²) in [6.45, 7) is 0.635. The van der Waals surface area contributed by atoms with Gasteiger partial charge in [-0.25, -0.2) is 13.1 Å². The first-order chi connectivity index (χ1) is 15.8. The molecule has 4 aromatic rings. The van der Waals surface area contributed by atoms with Crippen LogP contribution >= 0.6 is 46.3 Å². The molecule has 0 amide bonds. The van der Waals surface area contributed by atoms with Crippen LogP contribution in [0.4, 0.5) is 0 Å². The van der Waals surface area contributed by atoms with Crippen LogP contribution in [0.2, 0.25) is 10.0 Å². The van der Waals surface area contributed by atoms with E-state index in [0.717, 1.165) is 28.2 Å². The van der Waals surface area contributed by atoms with Crippen molar-refractivity contribution in [2.75, 3.05) is 12.3 Å². The lowest BCUT2D eigenvalue weighted by molar-refractivity contribution is 0.584. The number of thioether (sulfide) groups is 1. The van der Waals surface area contributed by atoms with Crippen LogP contribution in [-0.4, -0.2) is 25.3 Å². The molecule has 0 atom stereocenters. The number of thiazole rings is 1. The van der Waals surface area contributed by atoms with Crippen LogP contribution in [0.1, 0.15) is 11.1 Å². The number of halogens is 2. The predicted octanol–water partition coefficient (Wildman–Crippen LogP) is 5.63. The van der Waals surface area contributed by atoms with Crippen molar-refractivity contribution >= 4 is 66.5 Å². The zero-order chi connectivity index (χ0) is 23.4. The number of aromatic nitrogens is 1. The van der Waals surface area contributed by atoms with Gasteiger partial charge in [0, 0.05) is 28.1 Å². The number of sulfonamides is 1. The molecular formula is C23H20Cl2N2O3S3. The predicted molar refractivity (Wildman–Crippen MR) is 139 cm³/mol. The molecule has 0 aliphatic carbocycles. The molecule has 3 aromatic carbocycles. The van der Waals surface area contributed by atoms with Gasteiger partial charge in [-0.3, -0.25) is 9.36 Å². The molecule has 1 N–H and O–H groups in total. The number of rotatable bonds is 9. The van der Waals surface area contributed by atoms with Gasteiger partial charge in [-0.2, -0.15) is 11.8 Å². The molecule has 0 aliphatic heterocycles. The van der Waals surface area contributed by atoms with Crippen LogP contribution in [0.3, 0.4) is 0 Å². The second-order valence-corrected chi connectivity index (χ2v) is 12.0. The van der Waals surface area contributed by atoms with Gasteiger partial charge < -0.3 is 0 Å². The maximum absolute atomic E-state index is 12.7. The van der Waals surface area contributed by atoms with Gasteiger partial charge in [0.1, 0.15) is 0 Å². The minimum Gasteiger partial charge on any atom is -0.294 e. The summed E-state index contributed by atoms with van der Waals surface area (Å²) in [5, 5.41) is 1.28. The molecule has 5 nitrogen and oxygen atoms in total. The molecule has 33 heavy (non-hydrogen) atoms. The van der Waals surface area contributed by atoms with Gasteiger partial charge in [-0.05, 0) is 47.5 Å². The van der Waals surface area contributed by atoms with E-state index in [2.05, 4.69) is 4.72 Å². The van der Waals surface area contributed by atoms with Gasteiger partial charge in [-0.15, -0.1) is 0 Å². The molecule has 0 bridgehead atoms. The first kappa shape index (κ1) is 24.3. The summed E-state index contributed by atoms with van der Waals surface area (Å²) in [6.07, 6.45) is 0. The Morgan fingerprint density at radius 2 is 1.76 bits per heavy atom. The van der Waals surface area contributed by atoms with Gasteiger partial charge >= 0.3 is 4.87 Å². The lowest BCUT2D eigenvalue weighted by Gasteiger charge is -2.08. The third-order valence-corrected chi connectivity index (χ3v) is 9.01. The van der Waals surface area contributed by atoms with Crippen molar-refractivity contribution in [1.82, 2.24) is 9.29 Å². The summed E-state index contributed by atoms with van der Waals surface area (Å²) in [5.74, 6) is 1.41. The molecule has 0 saturated heterocycles. The highest BCUT2D eigenvalue weighted by molar-refractivity contribution is 7.98. The second-order valence-electron chi connectivity index (χ2n) is 7.25. The number of hydrogen-bond donors (Lipinski definition) is 1. The normalized spacial score (nSPS) is 11.8. The fourth-order valence-corrected chi connectivity index (χ4v) is 6.59. The first-order valence-electron chi connectivity index (χ1n) is 10.0. The van der Waals surface area contributed by atoms with Crippen molar-refractivity contribution in [3.05, 3.63) is 97.6 Å². The first-order valence-corrected chi connectivity index (χ1v) is 14.2. The largest absolute Gasteiger partial charge is 0.308 e. The van der Waals surface area contributed by atoms with Crippen molar-refractivity contribution < 1.29 is 8.42 Å². The van der Waals surface area contributed by atoms with Crippen LogP contribution in [0.5, 0.6) is 0 Å². The summed E-state index contributed by atoms with van der Waals surface area (Å²) in [4.78, 5) is 12.5. The monoisotopic (exact) mass is 538 g/mol. The molecule has 1 aromatic heterocycles. The minimum atomic E-state index is -3.68. The Morgan fingerprint density at radius 1 is 1.00 bits per heavy atom. The summed E-state index contributed by atoms with van der Waals surface area (Å²) >= 11 is 14.8. The number of nitrogens with zero attached hydrogens (tertiary/aromatic N) is 1. The topological polar surface area (TPSA) is 68.2 Å². The number of hydrogen-bond acceptors (Lipinski definition) is 5. The average Bonchev–Trinajstić information content (AvgIpc) is 3.10. The lowest BCUT2D eigenvalue weighted by Crippen LogP contribution is -2.26. The highest BCUT2D eigenvalue weighted by Gasteiger charge is 2.17. The van der Waals surface area contributed by atoms with E-state index in [9.17, 15) is 13.2 Å². The Hall–Kier alpha value is -1.81. The molecule has 0 unspecified atom stereocenters. The van der Waals surface area contributed by atoms with Gasteiger partial charge in [-0.1, -0.05) is 64.9 Å². The molecule has 10 heteroatoms. The molecule has 0 aliphatic rings. The quantitative estimate of drug-likeness (QED) is 0.280. The molecular weight excluding hydrogens is 519 g/mol. The van der Waals surface area contributed by atoms with E-state index in [0.29, 0.717) is 39.1 Å². The average molecular weight is 540 g/mol. The Kier molecular flexibility index (Phi) is 7.83. The number of nitrogens with one attached hydrogen (secondary N) is 1. The van der Waals surface area contributed by atoms with Crippen LogP contribution < -0.4 is 9.60 Å². The fraction of sp³-hybridized carbons (Fsp3) is 0.174. The molecule has 0 saturated carbocycles. The smallest absolute Gasteiger partial charge is 0.294 e. The van der Waals surface area contributed by atoms with Crippen LogP contribution in [0.15, 0.2) is 76.4 Å². The summed E-state index contributed by atoms with van der Waals surface area (Å²) in [6, 6.07) is 19.7. The standard InChI is InChI=1S/C23H20Cl2N2O3S3/c24-18-7-5-16(6-8-18)15-31-12-11-26-33(29,30)19-9-10-21-22(13-19)32-23(28)27(21)14-17-3-1-2-4-20(17)25/h1-10,13,26H,11-12,14-15H2. The molecule has 1 heterocycles. The Balaban J connectivity index is 1.41. The van der Waals surface area contributed by atoms with Crippen LogP contribution in [-0.2, 0) is 22.3 Å². The molecule has 0 radical (unpaired) electrons. The zero-order valence-electron chi connectivity index (χ0n) is 17.3. The van der Waals surface area contributed by atoms with Gasteiger partial charge in [0.25, 0.3) is 0 Å². The maximum Gasteiger partial charge on any atom is 0.308 e. The highest BCUT2D eigenvalue weighted by Crippen LogP contribution is 2.24. The lowest BCUT2D eigenvalue weighted by atomic mass is 10.2. The summed E-state index contributed by atoms with van der Waals surface area (Å²) in [5.41, 5.74) is 2.65. The Morgan fingerprint density at radius 3 is 2.52 bits per heavy atom. The maximum atomic E-state index is 12.7. The Labute approximate surface area is 210 Å². The fourth-order valence-electron chi connectivity index (χ4n) is 3.26. The van der Waals surface area contributed by atoms with E-state index in [4.69, 9.17) is 23.2 Å². The summed E-state index contributed by atoms with van der Waals surface area (Å²) < 4.78 is 30.3. The molecule has 0 fully saturated rings. The molecule has 4 rings (SSSR count). The third-order valence-electron chi connectivity index (χ3n) is 4.96. The Bertz CT molecular complexity index is 1430. The molecule has 0 spiro atoms. The highest BCUT2D eigenvalue weighted by atomic mass is 35.5. The summed E-state index contributed by atoms with van der Waals surface area (Å²) in [7, 11) is -3.68. The van der Waals surface area contributed by atoms with E-state index < -0.39 is 10.0 Å². The third kappa shape index (κ3) is 6.01. The van der Waals surface area contributed by atoms with E-state index in [1.807, 2.05) is 42.5 Å². The minimum absolute atomic E-state index is 0.142. The van der Waals surface area contributed by atoms with Crippen molar-refractivity contribution in [2.24, 2.45) is 0 Å². The van der Waals surface area contributed by atoms with E-state index >= 15 is 0 Å².